The average molecular weight is 273 g/mol. The lowest BCUT2D eigenvalue weighted by molar-refractivity contribution is 0.373. The Morgan fingerprint density at radius 1 is 1.39 bits per heavy atom. The smallest absolute Gasteiger partial charge is 0.160 e. The third-order valence-corrected chi connectivity index (χ3v) is 4.31. The molecule has 0 saturated heterocycles. The van der Waals surface area contributed by atoms with Crippen molar-refractivity contribution in [1.82, 2.24) is 5.32 Å². The number of rotatable bonds is 7. The molecule has 2 N–H and O–H groups in total. The number of ether oxygens (including phenoxy) is 1. The first-order valence-electron chi connectivity index (χ1n) is 5.75. The second-order valence-electron chi connectivity index (χ2n) is 3.92. The van der Waals surface area contributed by atoms with Gasteiger partial charge in [-0.05, 0) is 17.7 Å². The van der Waals surface area contributed by atoms with Crippen molar-refractivity contribution in [3.63, 3.8) is 0 Å². The van der Waals surface area contributed by atoms with Crippen molar-refractivity contribution in [2.75, 3.05) is 25.2 Å². The molecule has 0 bridgehead atoms. The molecule has 0 aromatic heterocycles. The molecule has 0 radical (unpaired) electrons. The SMILES string of the molecule is CCS(=O)(=O)CCNCc1ccc(O)c(OC)c1. The van der Waals surface area contributed by atoms with E-state index < -0.39 is 9.84 Å². The maximum absolute atomic E-state index is 11.3. The number of aromatic hydroxyl groups is 1. The zero-order chi connectivity index (χ0) is 13.6. The Balaban J connectivity index is 2.45. The third-order valence-electron chi connectivity index (χ3n) is 2.60. The summed E-state index contributed by atoms with van der Waals surface area (Å²) in [5.41, 5.74) is 0.929. The van der Waals surface area contributed by atoms with Crippen molar-refractivity contribution in [3.8, 4) is 11.5 Å². The summed E-state index contributed by atoms with van der Waals surface area (Å²) in [6.07, 6.45) is 0. The van der Waals surface area contributed by atoms with E-state index in [0.29, 0.717) is 18.8 Å². The van der Waals surface area contributed by atoms with Crippen molar-refractivity contribution in [2.45, 2.75) is 13.5 Å². The quantitative estimate of drug-likeness (QED) is 0.723. The monoisotopic (exact) mass is 273 g/mol. The number of phenolic OH excluding ortho intramolecular Hbond substituents is 1. The van der Waals surface area contributed by atoms with Crippen LogP contribution in [0.3, 0.4) is 0 Å². The van der Waals surface area contributed by atoms with Crippen molar-refractivity contribution in [2.24, 2.45) is 0 Å². The van der Waals surface area contributed by atoms with E-state index in [0.717, 1.165) is 5.56 Å². The summed E-state index contributed by atoms with van der Waals surface area (Å²) in [6, 6.07) is 5.04. The fourth-order valence-electron chi connectivity index (χ4n) is 1.44. The summed E-state index contributed by atoms with van der Waals surface area (Å²) in [6.45, 7) is 2.59. The summed E-state index contributed by atoms with van der Waals surface area (Å²) in [5, 5.41) is 12.5. The summed E-state index contributed by atoms with van der Waals surface area (Å²) < 4.78 is 27.5. The van der Waals surface area contributed by atoms with Crippen LogP contribution in [0.1, 0.15) is 12.5 Å². The van der Waals surface area contributed by atoms with Crippen LogP contribution in [0.2, 0.25) is 0 Å². The van der Waals surface area contributed by atoms with Crippen LogP contribution in [0.4, 0.5) is 0 Å². The minimum Gasteiger partial charge on any atom is -0.504 e. The van der Waals surface area contributed by atoms with Gasteiger partial charge in [-0.25, -0.2) is 8.42 Å². The largest absolute Gasteiger partial charge is 0.504 e. The number of hydrogen-bond acceptors (Lipinski definition) is 5. The van der Waals surface area contributed by atoms with Gasteiger partial charge in [-0.3, -0.25) is 0 Å². The lowest BCUT2D eigenvalue weighted by Crippen LogP contribution is -2.23. The maximum atomic E-state index is 11.3. The molecule has 6 heteroatoms. The van der Waals surface area contributed by atoms with Crippen LogP contribution in [0.15, 0.2) is 18.2 Å². The number of hydrogen-bond donors (Lipinski definition) is 2. The molecule has 0 aliphatic carbocycles. The Morgan fingerprint density at radius 2 is 2.11 bits per heavy atom. The van der Waals surface area contributed by atoms with Gasteiger partial charge in [-0.1, -0.05) is 13.0 Å². The highest BCUT2D eigenvalue weighted by Gasteiger charge is 2.06. The molecule has 5 nitrogen and oxygen atoms in total. The molecule has 0 unspecified atom stereocenters. The number of methoxy groups -OCH3 is 1. The van der Waals surface area contributed by atoms with Crippen molar-refractivity contribution >= 4 is 9.84 Å². The Bertz CT molecular complexity index is 485. The maximum Gasteiger partial charge on any atom is 0.160 e. The molecule has 0 fully saturated rings. The number of benzene rings is 1. The van der Waals surface area contributed by atoms with Gasteiger partial charge >= 0.3 is 0 Å². The lowest BCUT2D eigenvalue weighted by Gasteiger charge is -2.08. The first kappa shape index (κ1) is 14.8. The standard InChI is InChI=1S/C12H19NO4S/c1-3-18(15,16)7-6-13-9-10-4-5-11(14)12(8-10)17-2/h4-5,8,13-14H,3,6-7,9H2,1-2H3. The van der Waals surface area contributed by atoms with Gasteiger partial charge in [0.2, 0.25) is 0 Å². The highest BCUT2D eigenvalue weighted by Crippen LogP contribution is 2.25. The molecule has 1 rings (SSSR count). The van der Waals surface area contributed by atoms with Crippen LogP contribution in [0.25, 0.3) is 0 Å². The van der Waals surface area contributed by atoms with E-state index in [1.165, 1.54) is 7.11 Å². The van der Waals surface area contributed by atoms with Gasteiger partial charge in [-0.2, -0.15) is 0 Å². The normalized spacial score (nSPS) is 11.4. The van der Waals surface area contributed by atoms with E-state index in [2.05, 4.69) is 5.32 Å². The Labute approximate surface area is 108 Å². The van der Waals surface area contributed by atoms with Crippen LogP contribution in [0, 0.1) is 0 Å². The molecule has 0 spiro atoms. The summed E-state index contributed by atoms with van der Waals surface area (Å²) >= 11 is 0. The first-order chi connectivity index (χ1) is 8.48. The molecule has 0 saturated carbocycles. The number of sulfone groups is 1. The fraction of sp³-hybridized carbons (Fsp3) is 0.500. The van der Waals surface area contributed by atoms with Gasteiger partial charge in [0.15, 0.2) is 21.3 Å². The molecule has 18 heavy (non-hydrogen) atoms. The molecule has 1 aromatic carbocycles. The summed E-state index contributed by atoms with van der Waals surface area (Å²) in [5.74, 6) is 0.811. The second kappa shape index (κ2) is 6.61. The van der Waals surface area contributed by atoms with E-state index in [9.17, 15) is 13.5 Å². The topological polar surface area (TPSA) is 75.6 Å². The Kier molecular flexibility index (Phi) is 5.43. The molecule has 102 valence electrons. The van der Waals surface area contributed by atoms with Gasteiger partial charge < -0.3 is 15.2 Å². The predicted molar refractivity (Wildman–Crippen MR) is 70.7 cm³/mol. The first-order valence-corrected chi connectivity index (χ1v) is 7.57. The predicted octanol–water partition coefficient (Wildman–Crippen LogP) is 0.925. The van der Waals surface area contributed by atoms with Gasteiger partial charge in [0.05, 0.1) is 12.9 Å². The lowest BCUT2D eigenvalue weighted by atomic mass is 10.2. The second-order valence-corrected chi connectivity index (χ2v) is 6.39. The molecule has 0 heterocycles. The molecule has 0 aliphatic heterocycles. The molecule has 0 amide bonds. The molecule has 0 aliphatic rings. The number of phenols is 1. The number of nitrogens with one attached hydrogen (secondary N) is 1. The summed E-state index contributed by atoms with van der Waals surface area (Å²) in [4.78, 5) is 0. The van der Waals surface area contributed by atoms with Gasteiger partial charge in [0.25, 0.3) is 0 Å². The van der Waals surface area contributed by atoms with Crippen molar-refractivity contribution in [3.05, 3.63) is 23.8 Å². The van der Waals surface area contributed by atoms with Crippen molar-refractivity contribution < 1.29 is 18.3 Å². The summed E-state index contributed by atoms with van der Waals surface area (Å²) in [7, 11) is -1.43. The zero-order valence-electron chi connectivity index (χ0n) is 10.6. The molecular formula is C12H19NO4S. The van der Waals surface area contributed by atoms with Crippen LogP contribution in [-0.4, -0.2) is 38.7 Å². The Hall–Kier alpha value is -1.27. The molecule has 1 aromatic rings. The highest BCUT2D eigenvalue weighted by molar-refractivity contribution is 7.91. The van der Waals surface area contributed by atoms with Gasteiger partial charge in [0.1, 0.15) is 0 Å². The third kappa shape index (κ3) is 4.54. The minimum absolute atomic E-state index is 0.0924. The van der Waals surface area contributed by atoms with E-state index in [1.54, 1.807) is 25.1 Å². The van der Waals surface area contributed by atoms with Crippen molar-refractivity contribution in [1.29, 1.82) is 0 Å². The van der Waals surface area contributed by atoms with Gasteiger partial charge in [-0.15, -0.1) is 0 Å². The van der Waals surface area contributed by atoms with E-state index in [-0.39, 0.29) is 17.3 Å². The zero-order valence-corrected chi connectivity index (χ0v) is 11.5. The van der Waals surface area contributed by atoms with E-state index in [1.807, 2.05) is 0 Å². The van der Waals surface area contributed by atoms with E-state index >= 15 is 0 Å². The Morgan fingerprint density at radius 3 is 2.72 bits per heavy atom. The van der Waals surface area contributed by atoms with Crippen LogP contribution in [0.5, 0.6) is 11.5 Å². The highest BCUT2D eigenvalue weighted by atomic mass is 32.2. The van der Waals surface area contributed by atoms with Crippen LogP contribution >= 0.6 is 0 Å². The minimum atomic E-state index is -2.92. The van der Waals surface area contributed by atoms with Crippen LogP contribution in [-0.2, 0) is 16.4 Å². The molecule has 0 atom stereocenters. The van der Waals surface area contributed by atoms with Crippen LogP contribution < -0.4 is 10.1 Å². The fourth-order valence-corrected chi connectivity index (χ4v) is 2.18. The van der Waals surface area contributed by atoms with Gasteiger partial charge in [0, 0.05) is 18.8 Å². The average Bonchev–Trinajstić information content (AvgIpc) is 2.36. The molecular weight excluding hydrogens is 254 g/mol. The van der Waals surface area contributed by atoms with E-state index in [4.69, 9.17) is 4.74 Å².